The third kappa shape index (κ3) is 1.77. The second kappa shape index (κ2) is 3.80. The molecule has 2 aromatic rings. The molecule has 2 nitrogen and oxygen atoms in total. The molecule has 1 aromatic heterocycles. The summed E-state index contributed by atoms with van der Waals surface area (Å²) in [5.41, 5.74) is 6.34. The molecular weight excluding hydrogens is 194 g/mol. The molecule has 0 saturated carbocycles. The van der Waals surface area contributed by atoms with Crippen molar-refractivity contribution in [3.05, 3.63) is 35.2 Å². The van der Waals surface area contributed by atoms with Gasteiger partial charge in [-0.15, -0.1) is 11.3 Å². The van der Waals surface area contributed by atoms with Crippen LogP contribution in [0.1, 0.15) is 12.0 Å². The predicted molar refractivity (Wildman–Crippen MR) is 59.3 cm³/mol. The molecule has 0 atom stereocenters. The maximum absolute atomic E-state index is 10.7. The summed E-state index contributed by atoms with van der Waals surface area (Å²) < 4.78 is 1.27. The van der Waals surface area contributed by atoms with Gasteiger partial charge in [0.2, 0.25) is 5.91 Å². The van der Waals surface area contributed by atoms with Crippen LogP contribution < -0.4 is 5.73 Å². The van der Waals surface area contributed by atoms with Crippen LogP contribution in [-0.4, -0.2) is 5.91 Å². The van der Waals surface area contributed by atoms with E-state index in [0.717, 1.165) is 6.42 Å². The molecule has 0 aliphatic rings. The van der Waals surface area contributed by atoms with Gasteiger partial charge in [0.1, 0.15) is 0 Å². The minimum atomic E-state index is -0.236. The van der Waals surface area contributed by atoms with Crippen LogP contribution in [0.5, 0.6) is 0 Å². The van der Waals surface area contributed by atoms with E-state index >= 15 is 0 Å². The minimum Gasteiger partial charge on any atom is -0.370 e. The zero-order valence-electron chi connectivity index (χ0n) is 7.69. The summed E-state index contributed by atoms with van der Waals surface area (Å²) in [6.45, 7) is 0. The highest BCUT2D eigenvalue weighted by atomic mass is 32.1. The fourth-order valence-electron chi connectivity index (χ4n) is 1.48. The van der Waals surface area contributed by atoms with Crippen molar-refractivity contribution < 1.29 is 4.79 Å². The van der Waals surface area contributed by atoms with E-state index in [1.807, 2.05) is 12.1 Å². The molecular formula is C11H11NOS. The number of carbonyl (C=O) groups excluding carboxylic acids is 1. The molecule has 0 bridgehead atoms. The number of carbonyl (C=O) groups is 1. The van der Waals surface area contributed by atoms with Crippen LogP contribution in [-0.2, 0) is 11.2 Å². The number of primary amides is 1. The fraction of sp³-hybridized carbons (Fsp3) is 0.182. The third-order valence-corrected chi connectivity index (χ3v) is 3.21. The monoisotopic (exact) mass is 205 g/mol. The van der Waals surface area contributed by atoms with Crippen LogP contribution in [0.3, 0.4) is 0 Å². The zero-order chi connectivity index (χ0) is 9.97. The van der Waals surface area contributed by atoms with Gasteiger partial charge in [-0.1, -0.05) is 18.2 Å². The summed E-state index contributed by atoms with van der Waals surface area (Å²) in [6.07, 6.45) is 1.18. The molecule has 0 unspecified atom stereocenters. The van der Waals surface area contributed by atoms with E-state index in [9.17, 15) is 4.79 Å². The van der Waals surface area contributed by atoms with E-state index in [2.05, 4.69) is 17.5 Å². The first kappa shape index (κ1) is 9.21. The smallest absolute Gasteiger partial charge is 0.217 e. The van der Waals surface area contributed by atoms with Gasteiger partial charge in [-0.05, 0) is 28.8 Å². The molecule has 0 saturated heterocycles. The highest BCUT2D eigenvalue weighted by molar-refractivity contribution is 7.17. The highest BCUT2D eigenvalue weighted by Crippen LogP contribution is 2.26. The topological polar surface area (TPSA) is 43.1 Å². The van der Waals surface area contributed by atoms with Crippen LogP contribution in [0, 0.1) is 0 Å². The average Bonchev–Trinajstić information content (AvgIpc) is 2.58. The van der Waals surface area contributed by atoms with E-state index in [1.54, 1.807) is 11.3 Å². The van der Waals surface area contributed by atoms with Crippen LogP contribution in [0.2, 0.25) is 0 Å². The molecule has 0 fully saturated rings. The summed E-state index contributed by atoms with van der Waals surface area (Å²) in [5.74, 6) is -0.236. The largest absolute Gasteiger partial charge is 0.370 e. The molecule has 72 valence electrons. The Balaban J connectivity index is 2.29. The Morgan fingerprint density at radius 1 is 1.36 bits per heavy atom. The van der Waals surface area contributed by atoms with Gasteiger partial charge >= 0.3 is 0 Å². The number of hydrogen-bond acceptors (Lipinski definition) is 2. The Bertz CT molecular complexity index is 461. The minimum absolute atomic E-state index is 0.236. The first-order chi connectivity index (χ1) is 6.77. The van der Waals surface area contributed by atoms with E-state index < -0.39 is 0 Å². The molecule has 1 heterocycles. The first-order valence-electron chi connectivity index (χ1n) is 4.51. The van der Waals surface area contributed by atoms with Crippen molar-refractivity contribution in [3.63, 3.8) is 0 Å². The lowest BCUT2D eigenvalue weighted by molar-refractivity contribution is -0.117. The Hall–Kier alpha value is -1.35. The lowest BCUT2D eigenvalue weighted by Crippen LogP contribution is -2.10. The second-order valence-electron chi connectivity index (χ2n) is 3.22. The summed E-state index contributed by atoms with van der Waals surface area (Å²) in [6, 6.07) is 8.22. The lowest BCUT2D eigenvalue weighted by atomic mass is 10.1. The number of aryl methyl sites for hydroxylation is 1. The van der Waals surface area contributed by atoms with Crippen LogP contribution in [0.15, 0.2) is 29.6 Å². The molecule has 14 heavy (non-hydrogen) atoms. The van der Waals surface area contributed by atoms with Gasteiger partial charge in [-0.3, -0.25) is 4.79 Å². The standard InChI is InChI=1S/C11H11NOS/c12-11(13)6-5-8-7-14-10-4-2-1-3-9(8)10/h1-4,7H,5-6H2,(H2,12,13). The molecule has 2 rings (SSSR count). The van der Waals surface area contributed by atoms with E-state index in [4.69, 9.17) is 5.73 Å². The van der Waals surface area contributed by atoms with Crippen molar-refractivity contribution in [3.8, 4) is 0 Å². The zero-order valence-corrected chi connectivity index (χ0v) is 8.51. The number of fused-ring (bicyclic) bond motifs is 1. The van der Waals surface area contributed by atoms with Crippen LogP contribution >= 0.6 is 11.3 Å². The molecule has 1 aromatic carbocycles. The fourth-order valence-corrected chi connectivity index (χ4v) is 2.48. The number of hydrogen-bond donors (Lipinski definition) is 1. The van der Waals surface area contributed by atoms with Crippen molar-refractivity contribution in [1.82, 2.24) is 0 Å². The highest BCUT2D eigenvalue weighted by Gasteiger charge is 2.04. The van der Waals surface area contributed by atoms with Crippen molar-refractivity contribution >= 4 is 27.3 Å². The molecule has 0 aliphatic carbocycles. The van der Waals surface area contributed by atoms with Crippen molar-refractivity contribution in [2.75, 3.05) is 0 Å². The van der Waals surface area contributed by atoms with Gasteiger partial charge in [0, 0.05) is 11.1 Å². The maximum Gasteiger partial charge on any atom is 0.217 e. The number of thiophene rings is 1. The van der Waals surface area contributed by atoms with E-state index in [-0.39, 0.29) is 5.91 Å². The number of rotatable bonds is 3. The summed E-state index contributed by atoms with van der Waals surface area (Å²) in [7, 11) is 0. The predicted octanol–water partition coefficient (Wildman–Crippen LogP) is 2.32. The van der Waals surface area contributed by atoms with Crippen LogP contribution in [0.25, 0.3) is 10.1 Å². The molecule has 2 N–H and O–H groups in total. The van der Waals surface area contributed by atoms with E-state index in [0.29, 0.717) is 6.42 Å². The maximum atomic E-state index is 10.7. The molecule has 3 heteroatoms. The van der Waals surface area contributed by atoms with Crippen molar-refractivity contribution in [2.45, 2.75) is 12.8 Å². The Labute approximate surface area is 86.3 Å². The van der Waals surface area contributed by atoms with Gasteiger partial charge in [-0.25, -0.2) is 0 Å². The summed E-state index contributed by atoms with van der Waals surface area (Å²) in [4.78, 5) is 10.7. The Kier molecular flexibility index (Phi) is 2.50. The SMILES string of the molecule is NC(=O)CCc1csc2ccccc12. The lowest BCUT2D eigenvalue weighted by Gasteiger charge is -1.96. The molecule has 1 amide bonds. The van der Waals surface area contributed by atoms with Crippen molar-refractivity contribution in [1.29, 1.82) is 0 Å². The quantitative estimate of drug-likeness (QED) is 0.821. The number of nitrogens with two attached hydrogens (primary N) is 1. The van der Waals surface area contributed by atoms with Gasteiger partial charge in [-0.2, -0.15) is 0 Å². The number of benzene rings is 1. The summed E-state index contributed by atoms with van der Waals surface area (Å²) >= 11 is 1.71. The molecule has 0 aliphatic heterocycles. The van der Waals surface area contributed by atoms with Gasteiger partial charge in [0.15, 0.2) is 0 Å². The third-order valence-electron chi connectivity index (χ3n) is 2.20. The Morgan fingerprint density at radius 2 is 2.14 bits per heavy atom. The Morgan fingerprint density at radius 3 is 2.93 bits per heavy atom. The second-order valence-corrected chi connectivity index (χ2v) is 4.13. The van der Waals surface area contributed by atoms with Crippen LogP contribution in [0.4, 0.5) is 0 Å². The first-order valence-corrected chi connectivity index (χ1v) is 5.39. The van der Waals surface area contributed by atoms with E-state index in [1.165, 1.54) is 15.6 Å². The molecule has 0 spiro atoms. The summed E-state index contributed by atoms with van der Waals surface area (Å²) in [5, 5.41) is 3.35. The van der Waals surface area contributed by atoms with Gasteiger partial charge < -0.3 is 5.73 Å². The van der Waals surface area contributed by atoms with Crippen molar-refractivity contribution in [2.24, 2.45) is 5.73 Å². The molecule has 0 radical (unpaired) electrons. The number of amides is 1. The average molecular weight is 205 g/mol. The van der Waals surface area contributed by atoms with Gasteiger partial charge in [0.25, 0.3) is 0 Å². The normalized spacial score (nSPS) is 10.6. The van der Waals surface area contributed by atoms with Gasteiger partial charge in [0.05, 0.1) is 0 Å².